The van der Waals surface area contributed by atoms with Crippen LogP contribution >= 0.6 is 0 Å². The van der Waals surface area contributed by atoms with Crippen LogP contribution in [0.1, 0.15) is 0 Å². The van der Waals surface area contributed by atoms with Gasteiger partial charge in [0.2, 0.25) is 5.95 Å². The number of benzene rings is 6. The van der Waals surface area contributed by atoms with Crippen LogP contribution in [-0.4, -0.2) is 23.9 Å². The minimum atomic E-state index is 0.636. The summed E-state index contributed by atoms with van der Waals surface area (Å²) < 4.78 is 4.74. The van der Waals surface area contributed by atoms with Gasteiger partial charge >= 0.3 is 0 Å². The highest BCUT2D eigenvalue weighted by atomic mass is 15.2. The zero-order valence-corrected chi connectivity index (χ0v) is 24.5. The van der Waals surface area contributed by atoms with Crippen LogP contribution in [0.2, 0.25) is 0 Å². The fourth-order valence-electron chi connectivity index (χ4n) is 7.75. The molecule has 5 nitrogen and oxygen atoms in total. The molecule has 0 saturated heterocycles. The Morgan fingerprint density at radius 2 is 1.17 bits per heavy atom. The van der Waals surface area contributed by atoms with Crippen LogP contribution in [0.4, 0.5) is 0 Å². The van der Waals surface area contributed by atoms with E-state index in [1.165, 1.54) is 59.6 Å². The molecule has 0 aliphatic rings. The first kappa shape index (κ1) is 24.0. The maximum Gasteiger partial charge on any atom is 0.235 e. The van der Waals surface area contributed by atoms with Crippen molar-refractivity contribution in [2.45, 2.75) is 0 Å². The van der Waals surface area contributed by atoms with Crippen molar-refractivity contribution in [3.63, 3.8) is 0 Å². The van der Waals surface area contributed by atoms with Crippen LogP contribution in [-0.2, 0) is 0 Å². The lowest BCUT2D eigenvalue weighted by atomic mass is 10.0. The summed E-state index contributed by atoms with van der Waals surface area (Å²) in [6.45, 7) is 0. The highest BCUT2D eigenvalue weighted by molar-refractivity contribution is 6.34. The zero-order chi connectivity index (χ0) is 29.9. The molecule has 0 radical (unpaired) electrons. The fraction of sp³-hybridized carbons (Fsp3) is 0. The van der Waals surface area contributed by atoms with Crippen LogP contribution in [0.5, 0.6) is 0 Å². The third-order valence-corrected chi connectivity index (χ3v) is 9.65. The molecule has 0 bridgehead atoms. The maximum atomic E-state index is 5.35. The second-order valence-corrected chi connectivity index (χ2v) is 12.1. The van der Waals surface area contributed by atoms with E-state index >= 15 is 0 Å². The quantitative estimate of drug-likeness (QED) is 0.203. The highest BCUT2D eigenvalue weighted by Crippen LogP contribution is 2.46. The SMILES string of the molecule is c1ccc(-c2nc(-n3c4cc5ccccc5cc4c4cc5c6ccccc6n6c7ccccc7c(c43)c56)nc3cccnc23)cc1. The number of para-hydroxylation sites is 2. The number of rotatable bonds is 2. The lowest BCUT2D eigenvalue weighted by Gasteiger charge is -2.12. The molecule has 11 aromatic rings. The number of nitrogens with zero attached hydrogens (tertiary/aromatic N) is 5. The van der Waals surface area contributed by atoms with Crippen molar-refractivity contribution < 1.29 is 0 Å². The first-order valence-electron chi connectivity index (χ1n) is 15.5. The molecule has 212 valence electrons. The summed E-state index contributed by atoms with van der Waals surface area (Å²) in [6.07, 6.45) is 1.82. The van der Waals surface area contributed by atoms with Gasteiger partial charge in [0.25, 0.3) is 0 Å². The number of fused-ring (bicyclic) bond motifs is 12. The van der Waals surface area contributed by atoms with Crippen LogP contribution < -0.4 is 0 Å². The van der Waals surface area contributed by atoms with Gasteiger partial charge < -0.3 is 4.40 Å². The normalized spacial score (nSPS) is 12.3. The van der Waals surface area contributed by atoms with Gasteiger partial charge in [0.1, 0.15) is 11.2 Å². The predicted molar refractivity (Wildman–Crippen MR) is 189 cm³/mol. The first-order chi connectivity index (χ1) is 22.8. The molecule has 0 amide bonds. The van der Waals surface area contributed by atoms with Gasteiger partial charge in [0, 0.05) is 44.1 Å². The zero-order valence-electron chi connectivity index (χ0n) is 24.5. The summed E-state index contributed by atoms with van der Waals surface area (Å²) in [5, 5.41) is 9.73. The van der Waals surface area contributed by atoms with Crippen molar-refractivity contribution in [2.75, 3.05) is 0 Å². The van der Waals surface area contributed by atoms with E-state index in [0.717, 1.165) is 33.3 Å². The van der Waals surface area contributed by atoms with Crippen LogP contribution in [0.25, 0.3) is 98.9 Å². The van der Waals surface area contributed by atoms with Crippen molar-refractivity contribution in [3.05, 3.63) is 140 Å². The van der Waals surface area contributed by atoms with Gasteiger partial charge in [-0.2, -0.15) is 0 Å². The van der Waals surface area contributed by atoms with Gasteiger partial charge in [0.05, 0.1) is 33.1 Å². The average molecular weight is 586 g/mol. The molecule has 0 saturated carbocycles. The Morgan fingerprint density at radius 1 is 0.478 bits per heavy atom. The Labute approximate surface area is 261 Å². The molecule has 6 aromatic carbocycles. The molecule has 0 unspecified atom stereocenters. The summed E-state index contributed by atoms with van der Waals surface area (Å²) in [7, 11) is 0. The van der Waals surface area contributed by atoms with Gasteiger partial charge in [-0.05, 0) is 53.2 Å². The maximum absolute atomic E-state index is 5.35. The Morgan fingerprint density at radius 3 is 2.02 bits per heavy atom. The Balaban J connectivity index is 1.42. The number of pyridine rings is 1. The van der Waals surface area contributed by atoms with Crippen molar-refractivity contribution in [1.29, 1.82) is 0 Å². The van der Waals surface area contributed by atoms with E-state index < -0.39 is 0 Å². The van der Waals surface area contributed by atoms with Crippen LogP contribution in [0.3, 0.4) is 0 Å². The van der Waals surface area contributed by atoms with Crippen molar-refractivity contribution in [1.82, 2.24) is 23.9 Å². The molecule has 5 heteroatoms. The second-order valence-electron chi connectivity index (χ2n) is 12.1. The van der Waals surface area contributed by atoms with Crippen molar-refractivity contribution in [3.8, 4) is 17.2 Å². The van der Waals surface area contributed by atoms with Gasteiger partial charge in [-0.15, -0.1) is 0 Å². The molecule has 46 heavy (non-hydrogen) atoms. The van der Waals surface area contributed by atoms with Crippen LogP contribution in [0.15, 0.2) is 140 Å². The average Bonchev–Trinajstić information content (AvgIpc) is 3.75. The molecule has 0 aliphatic carbocycles. The number of aromatic nitrogens is 5. The lowest BCUT2D eigenvalue weighted by Crippen LogP contribution is -2.04. The summed E-state index contributed by atoms with van der Waals surface area (Å²) in [5.74, 6) is 0.636. The smallest absolute Gasteiger partial charge is 0.235 e. The van der Waals surface area contributed by atoms with Gasteiger partial charge in [-0.25, -0.2) is 9.97 Å². The van der Waals surface area contributed by atoms with E-state index in [2.05, 4.69) is 112 Å². The number of hydrogen-bond acceptors (Lipinski definition) is 3. The van der Waals surface area contributed by atoms with E-state index in [-0.39, 0.29) is 0 Å². The molecular weight excluding hydrogens is 562 g/mol. The van der Waals surface area contributed by atoms with E-state index in [1.54, 1.807) is 0 Å². The number of hydrogen-bond donors (Lipinski definition) is 0. The molecule has 0 N–H and O–H groups in total. The molecule has 5 aromatic heterocycles. The second kappa shape index (κ2) is 8.65. The summed E-state index contributed by atoms with van der Waals surface area (Å²) in [6, 6.07) is 47.5. The van der Waals surface area contributed by atoms with Crippen LogP contribution in [0, 0.1) is 0 Å². The Hall–Kier alpha value is -6.33. The van der Waals surface area contributed by atoms with Gasteiger partial charge in [-0.1, -0.05) is 91.0 Å². The monoisotopic (exact) mass is 585 g/mol. The predicted octanol–water partition coefficient (Wildman–Crippen LogP) is 10.1. The summed E-state index contributed by atoms with van der Waals surface area (Å²) >= 11 is 0. The van der Waals surface area contributed by atoms with E-state index in [9.17, 15) is 0 Å². The van der Waals surface area contributed by atoms with E-state index in [0.29, 0.717) is 5.95 Å². The summed E-state index contributed by atoms with van der Waals surface area (Å²) in [4.78, 5) is 15.3. The third-order valence-electron chi connectivity index (χ3n) is 9.65. The van der Waals surface area contributed by atoms with E-state index in [4.69, 9.17) is 15.0 Å². The van der Waals surface area contributed by atoms with E-state index in [1.807, 2.05) is 36.5 Å². The first-order valence-corrected chi connectivity index (χ1v) is 15.5. The summed E-state index contributed by atoms with van der Waals surface area (Å²) in [5.41, 5.74) is 9.30. The molecular formula is C41H23N5. The Kier molecular flexibility index (Phi) is 4.52. The molecule has 0 spiro atoms. The van der Waals surface area contributed by atoms with Crippen molar-refractivity contribution >= 4 is 81.7 Å². The molecule has 0 aliphatic heterocycles. The molecule has 5 heterocycles. The topological polar surface area (TPSA) is 48.0 Å². The standard InChI is InChI=1S/C41H23N5/c1-2-11-24(12-3-1)37-38-32(17-10-20-42-38)43-41(44-37)46-35-22-26-14-5-4-13-25(26)21-29(35)31-23-30-27-15-6-8-18-33(27)45-34-19-9-7-16-28(34)36(39(30)45)40(31)46/h1-23H. The molecule has 0 atom stereocenters. The Bertz CT molecular complexity index is 3020. The third kappa shape index (κ3) is 3.01. The lowest BCUT2D eigenvalue weighted by molar-refractivity contribution is 1.01. The van der Waals surface area contributed by atoms with Gasteiger partial charge in [0.15, 0.2) is 0 Å². The molecule has 0 fully saturated rings. The van der Waals surface area contributed by atoms with Crippen molar-refractivity contribution in [2.24, 2.45) is 0 Å². The highest BCUT2D eigenvalue weighted by Gasteiger charge is 2.26. The minimum absolute atomic E-state index is 0.636. The largest absolute Gasteiger partial charge is 0.308 e. The fourth-order valence-corrected chi connectivity index (χ4v) is 7.75. The molecule has 11 rings (SSSR count). The van der Waals surface area contributed by atoms with Gasteiger partial charge in [-0.3, -0.25) is 9.55 Å². The minimum Gasteiger partial charge on any atom is -0.308 e.